The van der Waals surface area contributed by atoms with Crippen LogP contribution >= 0.6 is 0 Å². The van der Waals surface area contributed by atoms with Crippen LogP contribution in [0.1, 0.15) is 17.0 Å². The second-order valence-corrected chi connectivity index (χ2v) is 9.19. The number of primary sulfonamides is 1. The van der Waals surface area contributed by atoms with Crippen LogP contribution in [0.2, 0.25) is 0 Å². The summed E-state index contributed by atoms with van der Waals surface area (Å²) in [7, 11) is -3.87. The van der Waals surface area contributed by atoms with Gasteiger partial charge >= 0.3 is 0 Å². The largest absolute Gasteiger partial charge is 0.487 e. The van der Waals surface area contributed by atoms with Crippen LogP contribution in [-0.2, 0) is 16.6 Å². The number of halogens is 1. The molecule has 0 atom stereocenters. The van der Waals surface area contributed by atoms with E-state index in [0.717, 1.165) is 11.4 Å². The molecule has 0 aliphatic carbocycles. The van der Waals surface area contributed by atoms with Crippen molar-refractivity contribution >= 4 is 33.0 Å². The lowest BCUT2D eigenvalue weighted by Gasteiger charge is -2.12. The number of nitrogens with one attached hydrogen (secondary N) is 3. The average molecular weight is 483 g/mol. The predicted octanol–water partition coefficient (Wildman–Crippen LogP) is 4.27. The molecule has 0 aliphatic heterocycles. The Bertz CT molecular complexity index is 1420. The Morgan fingerprint density at radius 2 is 1.74 bits per heavy atom. The number of anilines is 4. The fourth-order valence-corrected chi connectivity index (χ4v) is 4.02. The minimum absolute atomic E-state index is 0.00249. The van der Waals surface area contributed by atoms with E-state index < -0.39 is 15.8 Å². The summed E-state index contributed by atoms with van der Waals surface area (Å²) in [5.41, 5.74) is 3.33. The Morgan fingerprint density at radius 3 is 2.41 bits per heavy atom. The molecule has 4 rings (SSSR count). The number of rotatable bonds is 8. The van der Waals surface area contributed by atoms with Crippen molar-refractivity contribution in [3.05, 3.63) is 83.4 Å². The lowest BCUT2D eigenvalue weighted by Crippen LogP contribution is -2.14. The molecule has 2 aromatic heterocycles. The predicted molar refractivity (Wildman–Crippen MR) is 127 cm³/mol. The Hall–Kier alpha value is -3.96. The van der Waals surface area contributed by atoms with Crippen molar-refractivity contribution in [1.82, 2.24) is 15.2 Å². The van der Waals surface area contributed by atoms with Crippen molar-refractivity contribution < 1.29 is 17.5 Å². The van der Waals surface area contributed by atoms with Crippen LogP contribution in [-0.4, -0.2) is 23.6 Å². The van der Waals surface area contributed by atoms with Gasteiger partial charge in [-0.3, -0.25) is 5.10 Å². The van der Waals surface area contributed by atoms with Crippen LogP contribution in [0, 0.1) is 19.7 Å². The van der Waals surface area contributed by atoms with E-state index in [4.69, 9.17) is 9.88 Å². The van der Waals surface area contributed by atoms with Gasteiger partial charge in [0.25, 0.3) is 0 Å². The van der Waals surface area contributed by atoms with Crippen molar-refractivity contribution in [3.8, 4) is 5.75 Å². The van der Waals surface area contributed by atoms with Crippen LogP contribution in [0.3, 0.4) is 0 Å². The van der Waals surface area contributed by atoms with Gasteiger partial charge in [0.1, 0.15) is 18.2 Å². The number of ether oxygens (including phenoxy) is 1. The van der Waals surface area contributed by atoms with Crippen LogP contribution in [0.25, 0.3) is 0 Å². The highest BCUT2D eigenvalue weighted by Crippen LogP contribution is 2.25. The normalized spacial score (nSPS) is 11.3. The maximum atomic E-state index is 14.4. The van der Waals surface area contributed by atoms with Crippen molar-refractivity contribution in [2.75, 3.05) is 10.6 Å². The number of pyridine rings is 1. The molecular formula is C23H23FN6O3S. The van der Waals surface area contributed by atoms with E-state index in [9.17, 15) is 12.8 Å². The molecule has 0 amide bonds. The molecule has 0 fully saturated rings. The highest BCUT2D eigenvalue weighted by Gasteiger charge is 2.13. The highest BCUT2D eigenvalue weighted by molar-refractivity contribution is 7.89. The first kappa shape index (κ1) is 23.2. The van der Waals surface area contributed by atoms with Crippen molar-refractivity contribution in [3.63, 3.8) is 0 Å². The van der Waals surface area contributed by atoms with Gasteiger partial charge in [0.15, 0.2) is 11.6 Å². The Labute approximate surface area is 196 Å². The van der Waals surface area contributed by atoms with Crippen LogP contribution in [0.4, 0.5) is 27.4 Å². The molecule has 2 aromatic carbocycles. The van der Waals surface area contributed by atoms with Gasteiger partial charge in [0.2, 0.25) is 10.0 Å². The van der Waals surface area contributed by atoms with E-state index in [2.05, 4.69) is 25.8 Å². The molecule has 176 valence electrons. The zero-order valence-electron chi connectivity index (χ0n) is 18.5. The van der Waals surface area contributed by atoms with Crippen LogP contribution in [0.15, 0.2) is 65.6 Å². The molecule has 0 aliphatic rings. The summed E-state index contributed by atoms with van der Waals surface area (Å²) < 4.78 is 43.6. The lowest BCUT2D eigenvalue weighted by molar-refractivity contribution is 0.301. The first-order chi connectivity index (χ1) is 16.2. The van der Waals surface area contributed by atoms with Crippen molar-refractivity contribution in [2.45, 2.75) is 25.3 Å². The van der Waals surface area contributed by atoms with Gasteiger partial charge in [-0.25, -0.2) is 22.9 Å². The second-order valence-electron chi connectivity index (χ2n) is 7.66. The highest BCUT2D eigenvalue weighted by atomic mass is 32.2. The fraction of sp³-hybridized carbons (Fsp3) is 0.130. The summed E-state index contributed by atoms with van der Waals surface area (Å²) in [6, 6.07) is 16.3. The Morgan fingerprint density at radius 1 is 1.00 bits per heavy atom. The average Bonchev–Trinajstić information content (AvgIpc) is 3.21. The van der Waals surface area contributed by atoms with E-state index >= 15 is 0 Å². The second kappa shape index (κ2) is 9.49. The topological polar surface area (TPSA) is 135 Å². The van der Waals surface area contributed by atoms with Gasteiger partial charge in [-0.1, -0.05) is 6.07 Å². The minimum atomic E-state index is -3.87. The molecule has 0 saturated heterocycles. The number of H-pyrrole nitrogens is 1. The van der Waals surface area contributed by atoms with Gasteiger partial charge in [-0.2, -0.15) is 5.10 Å². The van der Waals surface area contributed by atoms with E-state index in [1.807, 2.05) is 13.0 Å². The molecule has 4 aromatic rings. The molecule has 2 heterocycles. The van der Waals surface area contributed by atoms with Crippen LogP contribution < -0.4 is 20.5 Å². The maximum absolute atomic E-state index is 14.4. The van der Waals surface area contributed by atoms with E-state index in [1.165, 1.54) is 18.2 Å². The summed E-state index contributed by atoms with van der Waals surface area (Å²) in [5, 5.41) is 18.1. The number of aryl methyl sites for hydroxylation is 2. The number of nitrogens with two attached hydrogens (primary N) is 1. The summed E-state index contributed by atoms with van der Waals surface area (Å²) in [4.78, 5) is 4.26. The molecule has 11 heteroatoms. The molecule has 0 saturated carbocycles. The van der Waals surface area contributed by atoms with Gasteiger partial charge in [0, 0.05) is 17.1 Å². The third kappa shape index (κ3) is 5.69. The first-order valence-electron chi connectivity index (χ1n) is 10.3. The van der Waals surface area contributed by atoms with E-state index in [-0.39, 0.29) is 10.7 Å². The Kier molecular flexibility index (Phi) is 6.48. The number of hydrogen-bond acceptors (Lipinski definition) is 7. The minimum Gasteiger partial charge on any atom is -0.487 e. The van der Waals surface area contributed by atoms with Crippen LogP contribution in [0.5, 0.6) is 5.75 Å². The van der Waals surface area contributed by atoms with E-state index in [1.54, 1.807) is 43.3 Å². The summed E-state index contributed by atoms with van der Waals surface area (Å²) in [6.07, 6.45) is 0. The van der Waals surface area contributed by atoms with Crippen molar-refractivity contribution in [2.24, 2.45) is 5.14 Å². The number of aromatic nitrogens is 3. The molecule has 0 bridgehead atoms. The van der Waals surface area contributed by atoms with Gasteiger partial charge in [-0.15, -0.1) is 0 Å². The molecule has 0 spiro atoms. The third-order valence-electron chi connectivity index (χ3n) is 4.88. The summed E-state index contributed by atoms with van der Waals surface area (Å²) in [5.74, 6) is 0.417. The maximum Gasteiger partial charge on any atom is 0.238 e. The van der Waals surface area contributed by atoms with Gasteiger partial charge < -0.3 is 15.4 Å². The summed E-state index contributed by atoms with van der Waals surface area (Å²) >= 11 is 0. The molecule has 0 unspecified atom stereocenters. The number of hydrogen-bond donors (Lipinski definition) is 4. The van der Waals surface area contributed by atoms with Crippen molar-refractivity contribution in [1.29, 1.82) is 0 Å². The quantitative estimate of drug-likeness (QED) is 0.294. The first-order valence-corrected chi connectivity index (χ1v) is 11.8. The number of sulfonamides is 1. The molecular weight excluding hydrogens is 459 g/mol. The zero-order valence-corrected chi connectivity index (χ0v) is 19.3. The fourth-order valence-electron chi connectivity index (χ4n) is 3.21. The number of benzene rings is 2. The SMILES string of the molecule is Cc1cc(COc2ccc(Nc3nc(Nc4ccc(C)c(S(N)(=O)=O)c4)ccc3F)cc2)n[nH]1. The van der Waals surface area contributed by atoms with E-state index in [0.29, 0.717) is 35.1 Å². The molecule has 34 heavy (non-hydrogen) atoms. The monoisotopic (exact) mass is 482 g/mol. The Balaban J connectivity index is 1.45. The standard InChI is InChI=1S/C23H23FN6O3S/c1-14-3-4-17(12-21(14)34(25,31)32)26-22-10-9-20(24)23(28-22)27-16-5-7-19(8-6-16)33-13-18-11-15(2)29-30-18/h3-12H,13H2,1-2H3,(H,29,30)(H2,25,31,32)(H2,26,27,28). The zero-order chi connectivity index (χ0) is 24.3. The molecule has 5 N–H and O–H groups in total. The molecule has 0 radical (unpaired) electrons. The van der Waals surface area contributed by atoms with Gasteiger partial charge in [-0.05, 0) is 74.0 Å². The molecule has 9 nitrogen and oxygen atoms in total. The lowest BCUT2D eigenvalue weighted by atomic mass is 10.2. The third-order valence-corrected chi connectivity index (χ3v) is 5.93. The smallest absolute Gasteiger partial charge is 0.238 e. The van der Waals surface area contributed by atoms with Gasteiger partial charge in [0.05, 0.1) is 10.6 Å². The number of aromatic amines is 1. The summed E-state index contributed by atoms with van der Waals surface area (Å²) in [6.45, 7) is 3.89. The number of nitrogens with zero attached hydrogens (tertiary/aromatic N) is 2.